The first-order valence-corrected chi connectivity index (χ1v) is 9.03. The number of rotatable bonds is 5. The Morgan fingerprint density at radius 2 is 1.61 bits per heavy atom. The molecule has 0 fully saturated rings. The Hall–Kier alpha value is -3.06. The number of benzene rings is 2. The zero-order valence-electron chi connectivity index (χ0n) is 15.7. The van der Waals surface area contributed by atoms with Gasteiger partial charge in [-0.3, -0.25) is 25.2 Å². The molecule has 0 bridgehead atoms. The van der Waals surface area contributed by atoms with Crippen molar-refractivity contribution in [3.63, 3.8) is 0 Å². The molecule has 148 valence electrons. The zero-order chi connectivity index (χ0) is 20.8. The van der Waals surface area contributed by atoms with Crippen LogP contribution in [0.2, 0.25) is 5.02 Å². The van der Waals surface area contributed by atoms with E-state index in [1.54, 1.807) is 38.1 Å². The van der Waals surface area contributed by atoms with E-state index in [0.717, 1.165) is 5.56 Å². The van der Waals surface area contributed by atoms with Crippen molar-refractivity contribution in [2.24, 2.45) is 5.92 Å². The molecular formula is C20H22ClN3O4. The van der Waals surface area contributed by atoms with Gasteiger partial charge in [-0.15, -0.1) is 0 Å². The van der Waals surface area contributed by atoms with Crippen LogP contribution in [-0.2, 0) is 4.79 Å². The second-order valence-corrected chi connectivity index (χ2v) is 7.10. The molecule has 2 aromatic rings. The molecule has 0 unspecified atom stereocenters. The van der Waals surface area contributed by atoms with Crippen molar-refractivity contribution in [2.45, 2.75) is 26.8 Å². The summed E-state index contributed by atoms with van der Waals surface area (Å²) in [6.07, 6.45) is 0. The van der Waals surface area contributed by atoms with Crippen molar-refractivity contribution >= 4 is 29.3 Å². The van der Waals surface area contributed by atoms with Crippen molar-refractivity contribution in [1.29, 1.82) is 0 Å². The van der Waals surface area contributed by atoms with E-state index in [2.05, 4.69) is 16.2 Å². The summed E-state index contributed by atoms with van der Waals surface area (Å²) in [7, 11) is 0. The van der Waals surface area contributed by atoms with Crippen LogP contribution in [0.1, 0.15) is 40.1 Å². The van der Waals surface area contributed by atoms with Crippen molar-refractivity contribution < 1.29 is 19.5 Å². The van der Waals surface area contributed by atoms with Crippen molar-refractivity contribution in [2.75, 3.05) is 0 Å². The largest absolute Gasteiger partial charge is 0.507 e. The zero-order valence-corrected chi connectivity index (χ0v) is 16.5. The lowest BCUT2D eigenvalue weighted by atomic mass is 10.0. The number of amides is 3. The number of phenols is 1. The molecule has 7 nitrogen and oxygen atoms in total. The Bertz CT molecular complexity index is 882. The Balaban J connectivity index is 2.02. The summed E-state index contributed by atoms with van der Waals surface area (Å²) in [5.74, 6) is -2.23. The predicted octanol–water partition coefficient (Wildman–Crippen LogP) is 2.57. The molecule has 8 heteroatoms. The number of aryl methyl sites for hydroxylation is 1. The number of nitrogens with one attached hydrogen (secondary N) is 3. The van der Waals surface area contributed by atoms with Gasteiger partial charge in [-0.05, 0) is 43.2 Å². The highest BCUT2D eigenvalue weighted by atomic mass is 35.5. The molecule has 0 aliphatic carbocycles. The molecule has 0 spiro atoms. The number of halogens is 1. The molecule has 0 radical (unpaired) electrons. The minimum absolute atomic E-state index is 0.0856. The highest BCUT2D eigenvalue weighted by Gasteiger charge is 2.25. The Labute approximate surface area is 168 Å². The van der Waals surface area contributed by atoms with E-state index in [4.69, 9.17) is 11.6 Å². The third-order valence-electron chi connectivity index (χ3n) is 4.05. The summed E-state index contributed by atoms with van der Waals surface area (Å²) in [5.41, 5.74) is 5.84. The highest BCUT2D eigenvalue weighted by molar-refractivity contribution is 6.31. The molecule has 3 amide bonds. The number of carbonyl (C=O) groups is 3. The third-order valence-corrected chi connectivity index (χ3v) is 4.29. The SMILES string of the molecule is Cc1ccc(C(=O)N[C@H](C(=O)NNC(=O)c2cc(Cl)ccc2O)C(C)C)cc1. The normalized spacial score (nSPS) is 11.6. The number of aromatic hydroxyl groups is 1. The lowest BCUT2D eigenvalue weighted by Gasteiger charge is -2.22. The fourth-order valence-electron chi connectivity index (χ4n) is 2.42. The maximum absolute atomic E-state index is 12.5. The summed E-state index contributed by atoms with van der Waals surface area (Å²) >= 11 is 5.81. The molecule has 0 aliphatic rings. The summed E-state index contributed by atoms with van der Waals surface area (Å²) in [5, 5.41) is 12.7. The predicted molar refractivity (Wildman–Crippen MR) is 106 cm³/mol. The lowest BCUT2D eigenvalue weighted by molar-refractivity contribution is -0.124. The fourth-order valence-corrected chi connectivity index (χ4v) is 2.59. The van der Waals surface area contributed by atoms with Gasteiger partial charge in [0.25, 0.3) is 17.7 Å². The molecule has 0 aliphatic heterocycles. The van der Waals surface area contributed by atoms with Crippen LogP contribution in [0.3, 0.4) is 0 Å². The van der Waals surface area contributed by atoms with Crippen LogP contribution in [0, 0.1) is 12.8 Å². The van der Waals surface area contributed by atoms with Gasteiger partial charge in [-0.1, -0.05) is 43.1 Å². The first-order chi connectivity index (χ1) is 13.2. The lowest BCUT2D eigenvalue weighted by Crippen LogP contribution is -2.54. The van der Waals surface area contributed by atoms with E-state index in [1.165, 1.54) is 18.2 Å². The summed E-state index contributed by atoms with van der Waals surface area (Å²) in [6.45, 7) is 5.45. The summed E-state index contributed by atoms with van der Waals surface area (Å²) in [6, 6.07) is 10.1. The van der Waals surface area contributed by atoms with E-state index in [-0.39, 0.29) is 22.3 Å². The molecule has 2 rings (SSSR count). The minimum atomic E-state index is -0.873. The molecular weight excluding hydrogens is 382 g/mol. The standard InChI is InChI=1S/C20H22ClN3O4/c1-11(2)17(22-18(26)13-6-4-12(3)5-7-13)20(28)24-23-19(27)15-10-14(21)8-9-16(15)25/h4-11,17,25H,1-3H3,(H,22,26)(H,23,27)(H,24,28)/t17-/m0/s1. The molecule has 1 atom stereocenters. The Morgan fingerprint density at radius 3 is 2.21 bits per heavy atom. The molecule has 0 heterocycles. The molecule has 2 aromatic carbocycles. The van der Waals surface area contributed by atoms with Gasteiger partial charge in [0.2, 0.25) is 0 Å². The number of hydrogen-bond donors (Lipinski definition) is 4. The van der Waals surface area contributed by atoms with Gasteiger partial charge < -0.3 is 10.4 Å². The number of hydrazine groups is 1. The second-order valence-electron chi connectivity index (χ2n) is 6.67. The van der Waals surface area contributed by atoms with Crippen LogP contribution >= 0.6 is 11.6 Å². The van der Waals surface area contributed by atoms with Crippen molar-refractivity contribution in [3.05, 3.63) is 64.2 Å². The van der Waals surface area contributed by atoms with E-state index < -0.39 is 23.8 Å². The fraction of sp³-hybridized carbons (Fsp3) is 0.250. The van der Waals surface area contributed by atoms with Crippen molar-refractivity contribution in [1.82, 2.24) is 16.2 Å². The highest BCUT2D eigenvalue weighted by Crippen LogP contribution is 2.21. The molecule has 0 saturated heterocycles. The molecule has 4 N–H and O–H groups in total. The van der Waals surface area contributed by atoms with Crippen LogP contribution < -0.4 is 16.2 Å². The topological polar surface area (TPSA) is 108 Å². The smallest absolute Gasteiger partial charge is 0.273 e. The van der Waals surface area contributed by atoms with E-state index in [9.17, 15) is 19.5 Å². The van der Waals surface area contributed by atoms with Gasteiger partial charge in [0.1, 0.15) is 11.8 Å². The van der Waals surface area contributed by atoms with E-state index in [1.807, 2.05) is 6.92 Å². The van der Waals surface area contributed by atoms with Crippen LogP contribution in [0.5, 0.6) is 5.75 Å². The average molecular weight is 404 g/mol. The van der Waals surface area contributed by atoms with E-state index in [0.29, 0.717) is 5.56 Å². The van der Waals surface area contributed by atoms with Crippen LogP contribution in [0.25, 0.3) is 0 Å². The number of carbonyl (C=O) groups excluding carboxylic acids is 3. The summed E-state index contributed by atoms with van der Waals surface area (Å²) < 4.78 is 0. The maximum atomic E-state index is 12.5. The summed E-state index contributed by atoms with van der Waals surface area (Å²) in [4.78, 5) is 37.0. The van der Waals surface area contributed by atoms with Crippen molar-refractivity contribution in [3.8, 4) is 5.75 Å². The second kappa shape index (κ2) is 9.23. The maximum Gasteiger partial charge on any atom is 0.273 e. The van der Waals surface area contributed by atoms with Gasteiger partial charge in [-0.25, -0.2) is 0 Å². The molecule has 0 aromatic heterocycles. The molecule has 28 heavy (non-hydrogen) atoms. The number of phenolic OH excluding ortho intramolecular Hbond substituents is 1. The van der Waals surface area contributed by atoms with Gasteiger partial charge in [-0.2, -0.15) is 0 Å². The van der Waals surface area contributed by atoms with Gasteiger partial charge in [0, 0.05) is 10.6 Å². The Kier molecular flexibility index (Phi) is 7.00. The third kappa shape index (κ3) is 5.47. The van der Waals surface area contributed by atoms with Crippen LogP contribution in [0.15, 0.2) is 42.5 Å². The quantitative estimate of drug-likeness (QED) is 0.575. The van der Waals surface area contributed by atoms with Crippen LogP contribution in [-0.4, -0.2) is 28.9 Å². The van der Waals surface area contributed by atoms with E-state index >= 15 is 0 Å². The first kappa shape index (κ1) is 21.2. The first-order valence-electron chi connectivity index (χ1n) is 8.65. The molecule has 0 saturated carbocycles. The van der Waals surface area contributed by atoms with Crippen LogP contribution in [0.4, 0.5) is 0 Å². The van der Waals surface area contributed by atoms with Gasteiger partial charge in [0.05, 0.1) is 5.56 Å². The van der Waals surface area contributed by atoms with Gasteiger partial charge >= 0.3 is 0 Å². The van der Waals surface area contributed by atoms with Gasteiger partial charge in [0.15, 0.2) is 0 Å². The number of hydrogen-bond acceptors (Lipinski definition) is 4. The average Bonchev–Trinajstić information content (AvgIpc) is 2.65. The Morgan fingerprint density at radius 1 is 0.964 bits per heavy atom. The minimum Gasteiger partial charge on any atom is -0.507 e. The monoisotopic (exact) mass is 403 g/mol.